The van der Waals surface area contributed by atoms with Crippen LogP contribution in [-0.4, -0.2) is 12.1 Å². The highest BCUT2D eigenvalue weighted by Gasteiger charge is 2.43. The lowest BCUT2D eigenvalue weighted by molar-refractivity contribution is 0.503. The van der Waals surface area contributed by atoms with Crippen molar-refractivity contribution in [3.8, 4) is 0 Å². The highest BCUT2D eigenvalue weighted by atomic mass is 19.1. The summed E-state index contributed by atoms with van der Waals surface area (Å²) in [6.45, 7) is 0.996. The predicted molar refractivity (Wildman–Crippen MR) is 53.8 cm³/mol. The van der Waals surface area contributed by atoms with Crippen LogP contribution in [0.2, 0.25) is 0 Å². The fourth-order valence-corrected chi connectivity index (χ4v) is 2.40. The Balaban J connectivity index is 2.04. The van der Waals surface area contributed by atoms with Crippen molar-refractivity contribution in [1.29, 1.82) is 0 Å². The zero-order valence-electron chi connectivity index (χ0n) is 8.15. The summed E-state index contributed by atoms with van der Waals surface area (Å²) in [5, 5.41) is 3.54. The van der Waals surface area contributed by atoms with Gasteiger partial charge >= 0.3 is 0 Å². The summed E-state index contributed by atoms with van der Waals surface area (Å²) >= 11 is 0. The molecule has 0 atom stereocenters. The van der Waals surface area contributed by atoms with Gasteiger partial charge in [-0.05, 0) is 49.4 Å². The van der Waals surface area contributed by atoms with E-state index in [1.54, 1.807) is 6.07 Å². The topological polar surface area (TPSA) is 12.0 Å². The first-order chi connectivity index (χ1) is 6.79. The van der Waals surface area contributed by atoms with Gasteiger partial charge in [0.1, 0.15) is 5.82 Å². The van der Waals surface area contributed by atoms with Crippen LogP contribution in [0.15, 0.2) is 18.2 Å². The molecule has 1 heterocycles. The molecule has 0 amide bonds. The first kappa shape index (κ1) is 8.42. The SMILES string of the molecule is Fc1cccc2c1CC1(CC1)NCC2. The van der Waals surface area contributed by atoms with Crippen molar-refractivity contribution < 1.29 is 4.39 Å². The van der Waals surface area contributed by atoms with Gasteiger partial charge in [-0.1, -0.05) is 12.1 Å². The van der Waals surface area contributed by atoms with Crippen molar-refractivity contribution in [2.75, 3.05) is 6.54 Å². The second kappa shape index (κ2) is 2.80. The van der Waals surface area contributed by atoms with E-state index in [1.165, 1.54) is 18.4 Å². The fraction of sp³-hybridized carbons (Fsp3) is 0.500. The Morgan fingerprint density at radius 3 is 2.93 bits per heavy atom. The Kier molecular flexibility index (Phi) is 1.68. The third kappa shape index (κ3) is 1.25. The second-order valence-corrected chi connectivity index (χ2v) is 4.51. The molecule has 1 N–H and O–H groups in total. The molecule has 1 aromatic rings. The molecule has 1 aliphatic carbocycles. The minimum Gasteiger partial charge on any atom is -0.311 e. The molecule has 1 spiro atoms. The average Bonchev–Trinajstić information content (AvgIpc) is 2.94. The third-order valence-corrected chi connectivity index (χ3v) is 3.48. The van der Waals surface area contributed by atoms with Crippen LogP contribution in [0, 0.1) is 5.82 Å². The number of halogens is 1. The van der Waals surface area contributed by atoms with Gasteiger partial charge in [0, 0.05) is 5.54 Å². The lowest BCUT2D eigenvalue weighted by Crippen LogP contribution is -2.32. The van der Waals surface area contributed by atoms with E-state index in [0.717, 1.165) is 24.9 Å². The minimum atomic E-state index is -0.0162. The van der Waals surface area contributed by atoms with Crippen LogP contribution < -0.4 is 5.32 Å². The summed E-state index contributed by atoms with van der Waals surface area (Å²) in [7, 11) is 0. The van der Waals surface area contributed by atoms with Crippen molar-refractivity contribution in [1.82, 2.24) is 5.32 Å². The van der Waals surface area contributed by atoms with E-state index >= 15 is 0 Å². The molecule has 0 unspecified atom stereocenters. The number of fused-ring (bicyclic) bond motifs is 1. The average molecular weight is 191 g/mol. The van der Waals surface area contributed by atoms with Gasteiger partial charge in [0.05, 0.1) is 0 Å². The smallest absolute Gasteiger partial charge is 0.126 e. The summed E-state index contributed by atoms with van der Waals surface area (Å²) in [6, 6.07) is 5.46. The van der Waals surface area contributed by atoms with E-state index in [4.69, 9.17) is 0 Å². The monoisotopic (exact) mass is 191 g/mol. The summed E-state index contributed by atoms with van der Waals surface area (Å²) in [6.07, 6.45) is 4.27. The van der Waals surface area contributed by atoms with Crippen molar-refractivity contribution in [3.63, 3.8) is 0 Å². The molecule has 14 heavy (non-hydrogen) atoms. The molecule has 1 nitrogen and oxygen atoms in total. The summed E-state index contributed by atoms with van der Waals surface area (Å²) < 4.78 is 13.6. The molecule has 74 valence electrons. The van der Waals surface area contributed by atoms with Gasteiger partial charge in [-0.25, -0.2) is 4.39 Å². The lowest BCUT2D eigenvalue weighted by atomic mass is 9.99. The lowest BCUT2D eigenvalue weighted by Gasteiger charge is -2.13. The van der Waals surface area contributed by atoms with Crippen molar-refractivity contribution in [3.05, 3.63) is 35.1 Å². The van der Waals surface area contributed by atoms with E-state index in [-0.39, 0.29) is 11.4 Å². The molecule has 2 heteroatoms. The molecule has 1 fully saturated rings. The molecule has 1 aromatic carbocycles. The van der Waals surface area contributed by atoms with Gasteiger partial charge < -0.3 is 5.32 Å². The minimum absolute atomic E-state index is 0.0162. The van der Waals surface area contributed by atoms with Gasteiger partial charge in [0.15, 0.2) is 0 Å². The third-order valence-electron chi connectivity index (χ3n) is 3.48. The molecule has 2 aliphatic rings. The highest BCUT2D eigenvalue weighted by molar-refractivity contribution is 5.33. The van der Waals surface area contributed by atoms with Gasteiger partial charge in [-0.15, -0.1) is 0 Å². The van der Waals surface area contributed by atoms with E-state index < -0.39 is 0 Å². The molecule has 1 saturated carbocycles. The first-order valence-corrected chi connectivity index (χ1v) is 5.30. The normalized spacial score (nSPS) is 22.9. The van der Waals surface area contributed by atoms with E-state index in [0.29, 0.717) is 0 Å². The Bertz CT molecular complexity index is 369. The van der Waals surface area contributed by atoms with Crippen molar-refractivity contribution in [2.24, 2.45) is 0 Å². The number of benzene rings is 1. The van der Waals surface area contributed by atoms with Gasteiger partial charge in [-0.3, -0.25) is 0 Å². The van der Waals surface area contributed by atoms with E-state index in [9.17, 15) is 4.39 Å². The van der Waals surface area contributed by atoms with Gasteiger partial charge in [0.2, 0.25) is 0 Å². The van der Waals surface area contributed by atoms with Crippen LogP contribution in [-0.2, 0) is 12.8 Å². The Morgan fingerprint density at radius 1 is 1.29 bits per heavy atom. The fourth-order valence-electron chi connectivity index (χ4n) is 2.40. The molecule has 0 saturated heterocycles. The Hall–Kier alpha value is -0.890. The highest BCUT2D eigenvalue weighted by Crippen LogP contribution is 2.40. The molecule has 0 bridgehead atoms. The quantitative estimate of drug-likeness (QED) is 0.661. The van der Waals surface area contributed by atoms with Gasteiger partial charge in [0.25, 0.3) is 0 Å². The van der Waals surface area contributed by atoms with E-state index in [1.807, 2.05) is 6.07 Å². The number of hydrogen-bond donors (Lipinski definition) is 1. The maximum absolute atomic E-state index is 13.6. The number of rotatable bonds is 0. The Morgan fingerprint density at radius 2 is 2.14 bits per heavy atom. The maximum atomic E-state index is 13.6. The summed E-state index contributed by atoms with van der Waals surface area (Å²) in [5.41, 5.74) is 2.41. The largest absolute Gasteiger partial charge is 0.311 e. The standard InChI is InChI=1S/C12H14FN/c13-11-3-1-2-9-4-7-14-12(5-6-12)8-10(9)11/h1-3,14H,4-8H2. The summed E-state index contributed by atoms with van der Waals surface area (Å²) in [5.74, 6) is -0.0162. The molecule has 0 radical (unpaired) electrons. The van der Waals surface area contributed by atoms with Crippen LogP contribution in [0.1, 0.15) is 24.0 Å². The van der Waals surface area contributed by atoms with Crippen LogP contribution in [0.3, 0.4) is 0 Å². The molecule has 1 aliphatic heterocycles. The zero-order valence-corrected chi connectivity index (χ0v) is 8.15. The Labute approximate surface area is 83.3 Å². The maximum Gasteiger partial charge on any atom is 0.126 e. The van der Waals surface area contributed by atoms with Crippen LogP contribution in [0.5, 0.6) is 0 Å². The van der Waals surface area contributed by atoms with Gasteiger partial charge in [-0.2, -0.15) is 0 Å². The summed E-state index contributed by atoms with van der Waals surface area (Å²) in [4.78, 5) is 0. The van der Waals surface area contributed by atoms with E-state index in [2.05, 4.69) is 11.4 Å². The van der Waals surface area contributed by atoms with Crippen molar-refractivity contribution >= 4 is 0 Å². The predicted octanol–water partition coefficient (Wildman–Crippen LogP) is 2.05. The first-order valence-electron chi connectivity index (χ1n) is 5.30. The number of hydrogen-bond acceptors (Lipinski definition) is 1. The second-order valence-electron chi connectivity index (χ2n) is 4.51. The van der Waals surface area contributed by atoms with Crippen LogP contribution >= 0.6 is 0 Å². The van der Waals surface area contributed by atoms with Crippen molar-refractivity contribution in [2.45, 2.75) is 31.2 Å². The van der Waals surface area contributed by atoms with Crippen LogP contribution in [0.4, 0.5) is 4.39 Å². The van der Waals surface area contributed by atoms with Crippen LogP contribution in [0.25, 0.3) is 0 Å². The zero-order chi connectivity index (χ0) is 9.60. The molecular formula is C12H14FN. The number of nitrogens with one attached hydrogen (secondary N) is 1. The molecular weight excluding hydrogens is 177 g/mol. The molecule has 0 aromatic heterocycles. The molecule has 3 rings (SSSR count).